The Morgan fingerprint density at radius 3 is 2.36 bits per heavy atom. The molecule has 0 radical (unpaired) electrons. The van der Waals surface area contributed by atoms with Crippen LogP contribution in [0.1, 0.15) is 54.9 Å². The minimum Gasteiger partial charge on any atom is -0.360 e. The third-order valence-corrected chi connectivity index (χ3v) is 2.91. The molecule has 0 saturated carbocycles. The summed E-state index contributed by atoms with van der Waals surface area (Å²) < 4.78 is 0. The summed E-state index contributed by atoms with van der Waals surface area (Å²) >= 11 is 0. The highest BCUT2D eigenvalue weighted by atomic mass is 14.9. The summed E-state index contributed by atoms with van der Waals surface area (Å²) in [5.74, 6) is 0.328. The maximum atomic E-state index is 4.31. The molecule has 0 bridgehead atoms. The standard InChI is InChI=1S/C20H34N2/c1-9-19(22-18(5)12-13-20(6,7)8)15-17(4)11-10-14-21-16(2)3/h9-12,14-17,22H,1,13H2,2-8H3/b11-10-,18-12-,19-15+,21-14?. The Balaban J connectivity index is 4.65. The van der Waals surface area contributed by atoms with Crippen molar-refractivity contribution in [2.24, 2.45) is 16.3 Å². The van der Waals surface area contributed by atoms with Crippen molar-refractivity contribution in [2.45, 2.75) is 60.9 Å². The first-order chi connectivity index (χ1) is 10.1. The fourth-order valence-electron chi connectivity index (χ4n) is 1.68. The molecule has 22 heavy (non-hydrogen) atoms. The number of rotatable bonds is 8. The molecular formula is C20H34N2. The first-order valence-corrected chi connectivity index (χ1v) is 8.12. The lowest BCUT2D eigenvalue weighted by Gasteiger charge is -2.16. The molecule has 0 aliphatic heterocycles. The van der Waals surface area contributed by atoms with E-state index in [9.17, 15) is 0 Å². The minimum absolute atomic E-state index is 0.312. The fraction of sp³-hybridized carbons (Fsp3) is 0.550. The third-order valence-electron chi connectivity index (χ3n) is 2.91. The number of hydrogen-bond donors (Lipinski definition) is 1. The van der Waals surface area contributed by atoms with E-state index in [1.54, 1.807) is 0 Å². The Bertz CT molecular complexity index is 443. The Kier molecular flexibility index (Phi) is 9.48. The van der Waals surface area contributed by atoms with Crippen molar-refractivity contribution in [3.05, 3.63) is 48.4 Å². The second-order valence-corrected chi connectivity index (χ2v) is 7.24. The van der Waals surface area contributed by atoms with Crippen LogP contribution in [0.2, 0.25) is 0 Å². The number of nitrogens with one attached hydrogen (secondary N) is 1. The Morgan fingerprint density at radius 1 is 1.23 bits per heavy atom. The molecule has 2 nitrogen and oxygen atoms in total. The van der Waals surface area contributed by atoms with Crippen molar-refractivity contribution < 1.29 is 0 Å². The molecule has 0 aromatic heterocycles. The molecule has 0 spiro atoms. The highest BCUT2D eigenvalue weighted by Gasteiger charge is 2.07. The van der Waals surface area contributed by atoms with Crippen molar-refractivity contribution in [1.29, 1.82) is 0 Å². The van der Waals surface area contributed by atoms with Gasteiger partial charge in [0.2, 0.25) is 0 Å². The molecular weight excluding hydrogens is 268 g/mol. The molecule has 0 fully saturated rings. The predicted molar refractivity (Wildman–Crippen MR) is 101 cm³/mol. The van der Waals surface area contributed by atoms with Crippen molar-refractivity contribution in [3.8, 4) is 0 Å². The van der Waals surface area contributed by atoms with Gasteiger partial charge in [-0.1, -0.05) is 52.5 Å². The summed E-state index contributed by atoms with van der Waals surface area (Å²) in [7, 11) is 0. The van der Waals surface area contributed by atoms with Gasteiger partial charge in [-0.15, -0.1) is 0 Å². The van der Waals surface area contributed by atoms with Crippen LogP contribution in [0.25, 0.3) is 0 Å². The van der Waals surface area contributed by atoms with E-state index >= 15 is 0 Å². The summed E-state index contributed by atoms with van der Waals surface area (Å²) in [6.07, 6.45) is 13.3. The van der Waals surface area contributed by atoms with Crippen molar-refractivity contribution in [1.82, 2.24) is 5.32 Å². The number of nitrogens with zero attached hydrogens (tertiary/aromatic N) is 1. The summed E-state index contributed by atoms with van der Waals surface area (Å²) in [5, 5.41) is 3.42. The van der Waals surface area contributed by atoms with Crippen molar-refractivity contribution >= 4 is 6.21 Å². The zero-order valence-electron chi connectivity index (χ0n) is 15.5. The average Bonchev–Trinajstić information content (AvgIpc) is 2.39. The van der Waals surface area contributed by atoms with Gasteiger partial charge in [-0.05, 0) is 50.7 Å². The molecule has 1 N–H and O–H groups in total. The van der Waals surface area contributed by atoms with Crippen molar-refractivity contribution in [2.75, 3.05) is 0 Å². The van der Waals surface area contributed by atoms with E-state index in [4.69, 9.17) is 0 Å². The summed E-state index contributed by atoms with van der Waals surface area (Å²) in [6, 6.07) is 0.344. The minimum atomic E-state index is 0.312. The van der Waals surface area contributed by atoms with Crippen LogP contribution in [0.15, 0.2) is 53.3 Å². The van der Waals surface area contributed by atoms with E-state index in [2.05, 4.69) is 83.6 Å². The molecule has 0 aromatic carbocycles. The molecule has 0 amide bonds. The van der Waals surface area contributed by atoms with Crippen molar-refractivity contribution in [3.63, 3.8) is 0 Å². The SMILES string of the molecule is C=C/C(=C\C(C)/C=C\C=NC(C)C)N/C(C)=C\CC(C)(C)C. The largest absolute Gasteiger partial charge is 0.360 e. The van der Waals surface area contributed by atoms with Crippen LogP contribution in [0.3, 0.4) is 0 Å². The average molecular weight is 303 g/mol. The predicted octanol–water partition coefficient (Wildman–Crippen LogP) is 5.66. The zero-order chi connectivity index (χ0) is 17.2. The topological polar surface area (TPSA) is 24.4 Å². The first kappa shape index (κ1) is 20.4. The normalized spacial score (nSPS) is 15.8. The van der Waals surface area contributed by atoms with E-state index in [1.165, 1.54) is 5.70 Å². The van der Waals surface area contributed by atoms with Gasteiger partial charge >= 0.3 is 0 Å². The van der Waals surface area contributed by atoms with Gasteiger partial charge in [-0.25, -0.2) is 0 Å². The van der Waals surface area contributed by atoms with E-state index in [1.807, 2.05) is 18.4 Å². The molecule has 0 aliphatic carbocycles. The third kappa shape index (κ3) is 12.2. The van der Waals surface area contributed by atoms with Crippen LogP contribution in [0, 0.1) is 11.3 Å². The van der Waals surface area contributed by atoms with Crippen LogP contribution in [-0.4, -0.2) is 12.3 Å². The maximum Gasteiger partial charge on any atom is 0.0443 e. The van der Waals surface area contributed by atoms with Gasteiger partial charge < -0.3 is 5.32 Å². The Hall–Kier alpha value is -1.57. The lowest BCUT2D eigenvalue weighted by atomic mass is 9.92. The number of aliphatic imine (C=N–C) groups is 1. The molecule has 0 aromatic rings. The van der Waals surface area contributed by atoms with Gasteiger partial charge in [0.25, 0.3) is 0 Å². The number of hydrogen-bond acceptors (Lipinski definition) is 2. The van der Waals surface area contributed by atoms with Gasteiger partial charge in [-0.3, -0.25) is 4.99 Å². The van der Waals surface area contributed by atoms with Crippen LogP contribution in [0.4, 0.5) is 0 Å². The maximum absolute atomic E-state index is 4.31. The summed E-state index contributed by atoms with van der Waals surface area (Å²) in [6.45, 7) is 19.0. The van der Waals surface area contributed by atoms with Gasteiger partial charge in [0.15, 0.2) is 0 Å². The second kappa shape index (κ2) is 10.2. The zero-order valence-corrected chi connectivity index (χ0v) is 15.5. The van der Waals surface area contributed by atoms with Crippen LogP contribution < -0.4 is 5.32 Å². The number of allylic oxidation sites excluding steroid dienone is 6. The smallest absolute Gasteiger partial charge is 0.0443 e. The molecule has 2 heteroatoms. The summed E-state index contributed by atoms with van der Waals surface area (Å²) in [5.41, 5.74) is 2.52. The molecule has 0 aliphatic rings. The van der Waals surface area contributed by atoms with E-state index in [-0.39, 0.29) is 0 Å². The van der Waals surface area contributed by atoms with Gasteiger partial charge in [0, 0.05) is 23.7 Å². The lowest BCUT2D eigenvalue weighted by molar-refractivity contribution is 0.419. The highest BCUT2D eigenvalue weighted by Crippen LogP contribution is 2.19. The van der Waals surface area contributed by atoms with Gasteiger partial charge in [-0.2, -0.15) is 0 Å². The van der Waals surface area contributed by atoms with E-state index in [0.717, 1.165) is 12.1 Å². The molecule has 0 heterocycles. The monoisotopic (exact) mass is 302 g/mol. The van der Waals surface area contributed by atoms with Gasteiger partial charge in [0.05, 0.1) is 0 Å². The molecule has 124 valence electrons. The fourth-order valence-corrected chi connectivity index (χ4v) is 1.68. The van der Waals surface area contributed by atoms with Crippen LogP contribution in [-0.2, 0) is 0 Å². The van der Waals surface area contributed by atoms with Crippen LogP contribution in [0.5, 0.6) is 0 Å². The Labute approximate surface area is 137 Å². The molecule has 1 atom stereocenters. The Morgan fingerprint density at radius 2 is 1.86 bits per heavy atom. The summed E-state index contributed by atoms with van der Waals surface area (Å²) in [4.78, 5) is 4.31. The van der Waals surface area contributed by atoms with E-state index in [0.29, 0.717) is 17.4 Å². The highest BCUT2D eigenvalue weighted by molar-refractivity contribution is 5.71. The lowest BCUT2D eigenvalue weighted by Crippen LogP contribution is -2.11. The molecule has 0 saturated heterocycles. The first-order valence-electron chi connectivity index (χ1n) is 8.12. The quantitative estimate of drug-likeness (QED) is 0.454. The second-order valence-electron chi connectivity index (χ2n) is 7.24. The van der Waals surface area contributed by atoms with Gasteiger partial charge in [0.1, 0.15) is 0 Å². The molecule has 1 unspecified atom stereocenters. The molecule has 0 rings (SSSR count). The van der Waals surface area contributed by atoms with Crippen LogP contribution >= 0.6 is 0 Å². The van der Waals surface area contributed by atoms with E-state index < -0.39 is 0 Å².